The molecule has 8 nitrogen and oxygen atoms in total. The van der Waals surface area contributed by atoms with Gasteiger partial charge < -0.3 is 15.2 Å². The molecule has 4 unspecified atom stereocenters. The number of imide groups is 1. The van der Waals surface area contributed by atoms with E-state index >= 15 is 0 Å². The molecule has 4 aliphatic rings. The highest BCUT2D eigenvalue weighted by Crippen LogP contribution is 2.52. The van der Waals surface area contributed by atoms with Crippen LogP contribution in [0.3, 0.4) is 0 Å². The smallest absolute Gasteiger partial charge is 0.233 e. The van der Waals surface area contributed by atoms with Crippen LogP contribution in [0.15, 0.2) is 23.3 Å². The molecular weight excluding hydrogens is 495 g/mol. The molecule has 0 aromatic carbocycles. The van der Waals surface area contributed by atoms with Crippen LogP contribution in [0.2, 0.25) is 0 Å². The Bertz CT molecular complexity index is 841. The molecule has 0 spiro atoms. The van der Waals surface area contributed by atoms with Gasteiger partial charge in [0.15, 0.2) is 5.96 Å². The molecular formula is C21H29IN6O2. The molecule has 0 radical (unpaired) electrons. The fourth-order valence-electron chi connectivity index (χ4n) is 5.42. The van der Waals surface area contributed by atoms with E-state index in [0.29, 0.717) is 25.6 Å². The quantitative estimate of drug-likeness (QED) is 0.199. The molecule has 1 saturated heterocycles. The number of carbonyl (C=O) groups excluding carboxylic acids is 2. The summed E-state index contributed by atoms with van der Waals surface area (Å²) in [5.41, 5.74) is 1.01. The first-order chi connectivity index (χ1) is 14.2. The van der Waals surface area contributed by atoms with E-state index < -0.39 is 0 Å². The van der Waals surface area contributed by atoms with Crippen LogP contribution in [-0.4, -0.2) is 52.4 Å². The van der Waals surface area contributed by atoms with Gasteiger partial charge in [-0.05, 0) is 31.1 Å². The van der Waals surface area contributed by atoms with Crippen LogP contribution >= 0.6 is 24.0 Å². The van der Waals surface area contributed by atoms with E-state index in [2.05, 4.69) is 43.5 Å². The molecule has 5 rings (SSSR count). The van der Waals surface area contributed by atoms with Gasteiger partial charge >= 0.3 is 0 Å². The zero-order valence-corrected chi connectivity index (χ0v) is 19.5. The molecule has 1 aromatic heterocycles. The van der Waals surface area contributed by atoms with Gasteiger partial charge in [-0.15, -0.1) is 24.0 Å². The van der Waals surface area contributed by atoms with Crippen molar-refractivity contribution in [3.05, 3.63) is 29.9 Å². The molecule has 9 heteroatoms. The summed E-state index contributed by atoms with van der Waals surface area (Å²) in [6.07, 6.45) is 10.8. The number of allylic oxidation sites excluding steroid dienone is 2. The Morgan fingerprint density at radius 1 is 1.17 bits per heavy atom. The molecule has 162 valence electrons. The zero-order valence-electron chi connectivity index (χ0n) is 17.2. The highest BCUT2D eigenvalue weighted by atomic mass is 127. The molecule has 30 heavy (non-hydrogen) atoms. The Morgan fingerprint density at radius 3 is 2.57 bits per heavy atom. The minimum Gasteiger partial charge on any atom is -0.355 e. The van der Waals surface area contributed by atoms with Crippen LogP contribution in [-0.2, 0) is 29.1 Å². The Labute approximate surface area is 193 Å². The molecule has 1 saturated carbocycles. The van der Waals surface area contributed by atoms with Gasteiger partial charge in [0.05, 0.1) is 24.1 Å². The first-order valence-corrected chi connectivity index (χ1v) is 10.7. The molecule has 2 aliphatic carbocycles. The lowest BCUT2D eigenvalue weighted by molar-refractivity contribution is -0.140. The van der Waals surface area contributed by atoms with Gasteiger partial charge in [0.2, 0.25) is 11.8 Å². The number of nitrogens with one attached hydrogen (secondary N) is 2. The van der Waals surface area contributed by atoms with E-state index in [9.17, 15) is 9.59 Å². The van der Waals surface area contributed by atoms with E-state index in [4.69, 9.17) is 0 Å². The second kappa shape index (κ2) is 8.68. The maximum Gasteiger partial charge on any atom is 0.233 e. The van der Waals surface area contributed by atoms with Crippen LogP contribution in [0.1, 0.15) is 30.8 Å². The summed E-state index contributed by atoms with van der Waals surface area (Å²) in [5.74, 6) is 2.09. The number of nitrogens with zero attached hydrogens (tertiary/aromatic N) is 4. The zero-order chi connectivity index (χ0) is 20.0. The maximum absolute atomic E-state index is 12.7. The number of likely N-dealkylation sites (tertiary alicyclic amines) is 1. The monoisotopic (exact) mass is 524 g/mol. The molecule has 2 N–H and O–H groups in total. The summed E-state index contributed by atoms with van der Waals surface area (Å²) >= 11 is 0. The van der Waals surface area contributed by atoms with Crippen molar-refractivity contribution in [3.63, 3.8) is 0 Å². The molecule has 2 aliphatic heterocycles. The second-order valence-corrected chi connectivity index (χ2v) is 8.48. The van der Waals surface area contributed by atoms with Gasteiger partial charge in [-0.2, -0.15) is 0 Å². The Hall–Kier alpha value is -1.91. The van der Waals surface area contributed by atoms with Crippen LogP contribution in [0, 0.1) is 23.7 Å². The summed E-state index contributed by atoms with van der Waals surface area (Å²) in [4.78, 5) is 35.8. The van der Waals surface area contributed by atoms with Crippen molar-refractivity contribution in [1.29, 1.82) is 0 Å². The maximum atomic E-state index is 12.7. The number of aromatic nitrogens is 2. The van der Waals surface area contributed by atoms with E-state index in [1.165, 1.54) is 17.7 Å². The number of aliphatic imine (C=N–C) groups is 1. The summed E-state index contributed by atoms with van der Waals surface area (Å²) in [6.45, 7) is 2.51. The minimum absolute atomic E-state index is 0. The number of imidazole rings is 1. The molecule has 1 aromatic rings. The molecule has 2 fully saturated rings. The topological polar surface area (TPSA) is 91.6 Å². The summed E-state index contributed by atoms with van der Waals surface area (Å²) < 4.78 is 2.24. The van der Waals surface area contributed by atoms with Crippen molar-refractivity contribution in [2.45, 2.75) is 38.8 Å². The third-order valence-corrected chi connectivity index (χ3v) is 6.81. The largest absolute Gasteiger partial charge is 0.355 e. The Morgan fingerprint density at radius 2 is 1.90 bits per heavy atom. The Kier molecular flexibility index (Phi) is 6.17. The molecule has 2 bridgehead atoms. The van der Waals surface area contributed by atoms with Crippen molar-refractivity contribution < 1.29 is 9.59 Å². The first-order valence-electron chi connectivity index (χ1n) is 10.7. The van der Waals surface area contributed by atoms with E-state index in [1.54, 1.807) is 7.05 Å². The van der Waals surface area contributed by atoms with Crippen molar-refractivity contribution >= 4 is 41.8 Å². The second-order valence-electron chi connectivity index (χ2n) is 8.48. The molecule has 4 atom stereocenters. The number of hydrogen-bond donors (Lipinski definition) is 2. The SMILES string of the molecule is CN=C(NCCN1C(=O)C2C3C=CC(C3)C2C1=O)NCc1cn2c(n1)CCCC2.I. The van der Waals surface area contributed by atoms with Gasteiger partial charge in [0.1, 0.15) is 5.82 Å². The predicted molar refractivity (Wildman–Crippen MR) is 123 cm³/mol. The fourth-order valence-corrected chi connectivity index (χ4v) is 5.42. The van der Waals surface area contributed by atoms with Gasteiger partial charge in [-0.25, -0.2) is 4.98 Å². The van der Waals surface area contributed by atoms with Crippen molar-refractivity contribution in [2.24, 2.45) is 28.7 Å². The van der Waals surface area contributed by atoms with Gasteiger partial charge in [-0.3, -0.25) is 19.5 Å². The fraction of sp³-hybridized carbons (Fsp3) is 0.619. The van der Waals surface area contributed by atoms with E-state index in [0.717, 1.165) is 30.9 Å². The van der Waals surface area contributed by atoms with Crippen LogP contribution in [0.4, 0.5) is 0 Å². The average Bonchev–Trinajstić information content (AvgIpc) is 3.49. The molecule has 3 heterocycles. The minimum atomic E-state index is -0.123. The number of halogens is 1. The molecule has 2 amide bonds. The van der Waals surface area contributed by atoms with Gasteiger partial charge in [-0.1, -0.05) is 12.2 Å². The number of rotatable bonds is 5. The Balaban J connectivity index is 0.00000218. The highest BCUT2D eigenvalue weighted by molar-refractivity contribution is 14.0. The number of fused-ring (bicyclic) bond motifs is 6. The summed E-state index contributed by atoms with van der Waals surface area (Å²) in [5, 5.41) is 6.49. The van der Waals surface area contributed by atoms with Crippen molar-refractivity contribution in [3.8, 4) is 0 Å². The first kappa shape index (κ1) is 21.3. The lowest BCUT2D eigenvalue weighted by atomic mass is 9.85. The van der Waals surface area contributed by atoms with E-state index in [-0.39, 0.29) is 59.5 Å². The van der Waals surface area contributed by atoms with Crippen molar-refractivity contribution in [2.75, 3.05) is 20.1 Å². The average molecular weight is 524 g/mol. The van der Waals surface area contributed by atoms with Crippen LogP contribution < -0.4 is 10.6 Å². The number of aryl methyl sites for hydroxylation is 2. The standard InChI is InChI=1S/C21H28N6O2.HI/c1-22-21(24-11-15-12-26-8-3-2-4-16(26)25-15)23-7-9-27-19(28)17-13-5-6-14(10-13)18(17)20(27)29;/h5-6,12-14,17-18H,2-4,7-11H2,1H3,(H2,22,23,24);1H. The number of carbonyl (C=O) groups is 2. The lowest BCUT2D eigenvalue weighted by Gasteiger charge is -2.18. The lowest BCUT2D eigenvalue weighted by Crippen LogP contribution is -2.43. The third kappa shape index (κ3) is 3.65. The summed E-state index contributed by atoms with van der Waals surface area (Å²) in [6, 6.07) is 0. The normalized spacial score (nSPS) is 29.1. The van der Waals surface area contributed by atoms with Gasteiger partial charge in [0.25, 0.3) is 0 Å². The van der Waals surface area contributed by atoms with Crippen molar-refractivity contribution in [1.82, 2.24) is 25.1 Å². The summed E-state index contributed by atoms with van der Waals surface area (Å²) in [7, 11) is 1.72. The van der Waals surface area contributed by atoms with Crippen LogP contribution in [0.25, 0.3) is 0 Å². The highest BCUT2D eigenvalue weighted by Gasteiger charge is 2.58. The van der Waals surface area contributed by atoms with Gasteiger partial charge in [0, 0.05) is 39.3 Å². The number of guanidine groups is 1. The number of hydrogen-bond acceptors (Lipinski definition) is 4. The van der Waals surface area contributed by atoms with Crippen LogP contribution in [0.5, 0.6) is 0 Å². The third-order valence-electron chi connectivity index (χ3n) is 6.81. The van der Waals surface area contributed by atoms with E-state index in [1.807, 2.05) is 0 Å². The predicted octanol–water partition coefficient (Wildman–Crippen LogP) is 1.31. The number of amides is 2.